The molecule has 2 saturated heterocycles. The lowest BCUT2D eigenvalue weighted by Crippen LogP contribution is -2.59. The highest BCUT2D eigenvalue weighted by molar-refractivity contribution is 5.72. The number of hydrogen-bond acceptors (Lipinski definition) is 8. The summed E-state index contributed by atoms with van der Waals surface area (Å²) in [6, 6.07) is 5.93. The van der Waals surface area contributed by atoms with Crippen molar-refractivity contribution in [2.24, 2.45) is 0 Å². The Balaban J connectivity index is 1.54. The monoisotopic (exact) mass is 451 g/mol. The highest BCUT2D eigenvalue weighted by Gasteiger charge is 2.40. The first-order valence-electron chi connectivity index (χ1n) is 11.5. The second-order valence-corrected chi connectivity index (χ2v) is 8.53. The summed E-state index contributed by atoms with van der Waals surface area (Å²) >= 11 is 0. The first kappa shape index (κ1) is 24.7. The Kier molecular flexibility index (Phi) is 9.12. The lowest BCUT2D eigenvalue weighted by molar-refractivity contribution is -0.130. The number of likely N-dealkylation sites (tertiary alicyclic amines) is 1. The van der Waals surface area contributed by atoms with Gasteiger partial charge in [-0.15, -0.1) is 0 Å². The van der Waals surface area contributed by atoms with E-state index < -0.39 is 11.7 Å². The summed E-state index contributed by atoms with van der Waals surface area (Å²) in [5.41, 5.74) is -0.245. The van der Waals surface area contributed by atoms with Crippen LogP contribution in [0.15, 0.2) is 18.2 Å². The van der Waals surface area contributed by atoms with Crippen LogP contribution in [-0.2, 0) is 16.1 Å². The lowest BCUT2D eigenvalue weighted by Gasteiger charge is -2.42. The van der Waals surface area contributed by atoms with Crippen LogP contribution in [0.25, 0.3) is 0 Å². The number of carbonyl (C=O) groups excluding carboxylic acids is 1. The molecule has 3 N–H and O–H groups in total. The van der Waals surface area contributed by atoms with Crippen LogP contribution in [0.5, 0.6) is 11.5 Å². The standard InChI is InChI=1S/C23H37N3O6/c1-3-31-21-14-19(4-5-20(21)32-13-10-25-8-11-30-12-9-25)15-26-7-6-23(29,22(28)16-26)17-24-18(2)27/h4-5,14,22,28-29H,3,6-13,15-17H2,1-2H3,(H,24,27)/t22-,23-/m1/s1. The Bertz CT molecular complexity index is 742. The van der Waals surface area contributed by atoms with E-state index >= 15 is 0 Å². The normalized spacial score (nSPS) is 24.8. The van der Waals surface area contributed by atoms with E-state index in [0.717, 1.165) is 44.2 Å². The molecule has 1 aromatic rings. The van der Waals surface area contributed by atoms with Crippen molar-refractivity contribution in [2.45, 2.75) is 38.5 Å². The zero-order valence-electron chi connectivity index (χ0n) is 19.2. The molecule has 0 unspecified atom stereocenters. The van der Waals surface area contributed by atoms with Gasteiger partial charge in [0.15, 0.2) is 11.5 Å². The van der Waals surface area contributed by atoms with Crippen LogP contribution in [0.3, 0.4) is 0 Å². The first-order valence-corrected chi connectivity index (χ1v) is 11.5. The zero-order valence-corrected chi connectivity index (χ0v) is 19.2. The van der Waals surface area contributed by atoms with E-state index in [1.165, 1.54) is 6.92 Å². The van der Waals surface area contributed by atoms with Crippen molar-refractivity contribution in [1.29, 1.82) is 0 Å². The van der Waals surface area contributed by atoms with E-state index in [1.54, 1.807) is 0 Å². The van der Waals surface area contributed by atoms with Crippen LogP contribution in [0.2, 0.25) is 0 Å². The largest absolute Gasteiger partial charge is 0.490 e. The third-order valence-corrected chi connectivity index (χ3v) is 6.04. The van der Waals surface area contributed by atoms with Crippen molar-refractivity contribution in [1.82, 2.24) is 15.1 Å². The number of β-amino-alcohol motifs (C(OH)–C–C–N with tert-alkyl or cyclic N) is 1. The van der Waals surface area contributed by atoms with Gasteiger partial charge >= 0.3 is 0 Å². The highest BCUT2D eigenvalue weighted by atomic mass is 16.5. The van der Waals surface area contributed by atoms with Gasteiger partial charge in [-0.2, -0.15) is 0 Å². The maximum Gasteiger partial charge on any atom is 0.216 e. The number of nitrogens with one attached hydrogen (secondary N) is 1. The number of aliphatic hydroxyl groups excluding tert-OH is 1. The summed E-state index contributed by atoms with van der Waals surface area (Å²) in [6.07, 6.45) is -0.549. The van der Waals surface area contributed by atoms with Gasteiger partial charge in [0, 0.05) is 52.7 Å². The SMILES string of the molecule is CCOc1cc(CN2CC[C@@](O)(CNC(C)=O)[C@H](O)C2)ccc1OCCN1CCOCC1. The molecule has 0 bridgehead atoms. The van der Waals surface area contributed by atoms with Gasteiger partial charge < -0.3 is 29.7 Å². The molecule has 0 spiro atoms. The fourth-order valence-corrected chi connectivity index (χ4v) is 4.06. The van der Waals surface area contributed by atoms with Gasteiger partial charge in [-0.25, -0.2) is 0 Å². The van der Waals surface area contributed by atoms with Crippen molar-refractivity contribution in [2.75, 3.05) is 65.7 Å². The minimum absolute atomic E-state index is 0.0579. The Labute approximate surface area is 190 Å². The van der Waals surface area contributed by atoms with Crippen molar-refractivity contribution in [3.05, 3.63) is 23.8 Å². The van der Waals surface area contributed by atoms with Gasteiger partial charge in [0.2, 0.25) is 5.91 Å². The average Bonchev–Trinajstić information content (AvgIpc) is 2.78. The summed E-state index contributed by atoms with van der Waals surface area (Å²) in [4.78, 5) is 15.6. The molecule has 32 heavy (non-hydrogen) atoms. The number of amides is 1. The van der Waals surface area contributed by atoms with Crippen LogP contribution < -0.4 is 14.8 Å². The van der Waals surface area contributed by atoms with Crippen molar-refractivity contribution < 1.29 is 29.2 Å². The molecule has 2 aliphatic rings. The van der Waals surface area contributed by atoms with Crippen LogP contribution in [-0.4, -0.2) is 103 Å². The fraction of sp³-hybridized carbons (Fsp3) is 0.696. The predicted molar refractivity (Wildman–Crippen MR) is 120 cm³/mol. The van der Waals surface area contributed by atoms with Crippen molar-refractivity contribution in [3.8, 4) is 11.5 Å². The maximum atomic E-state index is 11.2. The van der Waals surface area contributed by atoms with E-state index in [9.17, 15) is 15.0 Å². The molecular weight excluding hydrogens is 414 g/mol. The molecule has 2 atom stereocenters. The number of ether oxygens (including phenoxy) is 3. The second kappa shape index (κ2) is 11.8. The Morgan fingerprint density at radius 3 is 2.69 bits per heavy atom. The molecule has 1 aromatic carbocycles. The number of morpholine rings is 1. The number of carbonyl (C=O) groups is 1. The van der Waals surface area contributed by atoms with E-state index in [0.29, 0.717) is 45.0 Å². The fourth-order valence-electron chi connectivity index (χ4n) is 4.06. The van der Waals surface area contributed by atoms with Crippen molar-refractivity contribution >= 4 is 5.91 Å². The molecule has 9 heteroatoms. The minimum atomic E-state index is -1.29. The molecule has 9 nitrogen and oxygen atoms in total. The smallest absolute Gasteiger partial charge is 0.216 e. The van der Waals surface area contributed by atoms with Crippen LogP contribution in [0, 0.1) is 0 Å². The molecule has 0 radical (unpaired) electrons. The quantitative estimate of drug-likeness (QED) is 0.465. The zero-order chi connectivity index (χ0) is 23.0. The topological polar surface area (TPSA) is 104 Å². The third kappa shape index (κ3) is 7.05. The summed E-state index contributed by atoms with van der Waals surface area (Å²) < 4.78 is 17.2. The predicted octanol–water partition coefficient (Wildman–Crippen LogP) is 0.230. The summed E-state index contributed by atoms with van der Waals surface area (Å²) in [5, 5.41) is 23.7. The molecule has 0 saturated carbocycles. The molecule has 3 rings (SSSR count). The first-order chi connectivity index (χ1) is 15.4. The van der Waals surface area contributed by atoms with Crippen LogP contribution >= 0.6 is 0 Å². The minimum Gasteiger partial charge on any atom is -0.490 e. The molecular formula is C23H37N3O6. The second-order valence-electron chi connectivity index (χ2n) is 8.53. The Morgan fingerprint density at radius 1 is 1.22 bits per heavy atom. The number of nitrogens with zero attached hydrogens (tertiary/aromatic N) is 2. The van der Waals surface area contributed by atoms with E-state index in [4.69, 9.17) is 14.2 Å². The molecule has 180 valence electrons. The van der Waals surface area contributed by atoms with Gasteiger partial charge in [-0.3, -0.25) is 14.6 Å². The average molecular weight is 452 g/mol. The number of piperidine rings is 1. The highest BCUT2D eigenvalue weighted by Crippen LogP contribution is 2.30. The summed E-state index contributed by atoms with van der Waals surface area (Å²) in [5.74, 6) is 1.22. The lowest BCUT2D eigenvalue weighted by atomic mass is 9.88. The van der Waals surface area contributed by atoms with Gasteiger partial charge in [0.1, 0.15) is 12.2 Å². The number of rotatable bonds is 10. The van der Waals surface area contributed by atoms with Gasteiger partial charge in [-0.05, 0) is 31.0 Å². The summed E-state index contributed by atoms with van der Waals surface area (Å²) in [7, 11) is 0. The molecule has 2 heterocycles. The Hall–Kier alpha value is -1.91. The molecule has 2 aliphatic heterocycles. The van der Waals surface area contributed by atoms with Gasteiger partial charge in [0.25, 0.3) is 0 Å². The third-order valence-electron chi connectivity index (χ3n) is 6.04. The van der Waals surface area contributed by atoms with Crippen LogP contribution in [0.4, 0.5) is 0 Å². The molecule has 0 aromatic heterocycles. The van der Waals surface area contributed by atoms with E-state index in [-0.39, 0.29) is 12.5 Å². The van der Waals surface area contributed by atoms with Crippen LogP contribution in [0.1, 0.15) is 25.8 Å². The number of hydrogen-bond donors (Lipinski definition) is 3. The number of aliphatic hydroxyl groups is 2. The Morgan fingerprint density at radius 2 is 2.00 bits per heavy atom. The summed E-state index contributed by atoms with van der Waals surface area (Å²) in [6.45, 7) is 10.4. The van der Waals surface area contributed by atoms with E-state index in [1.807, 2.05) is 25.1 Å². The number of benzene rings is 1. The molecule has 1 amide bonds. The van der Waals surface area contributed by atoms with Crippen molar-refractivity contribution in [3.63, 3.8) is 0 Å². The van der Waals surface area contributed by atoms with Gasteiger partial charge in [-0.1, -0.05) is 6.07 Å². The van der Waals surface area contributed by atoms with E-state index in [2.05, 4.69) is 15.1 Å². The maximum absolute atomic E-state index is 11.2. The molecule has 2 fully saturated rings. The van der Waals surface area contributed by atoms with Gasteiger partial charge in [0.05, 0.1) is 25.9 Å². The molecule has 0 aliphatic carbocycles.